The summed E-state index contributed by atoms with van der Waals surface area (Å²) in [4.78, 5) is 35.3. The third-order valence-corrected chi connectivity index (χ3v) is 2.89. The van der Waals surface area contributed by atoms with E-state index in [1.165, 1.54) is 7.11 Å². The molecule has 7 heteroatoms. The molecule has 1 amide bonds. The van der Waals surface area contributed by atoms with Crippen LogP contribution in [0.1, 0.15) is 19.3 Å². The van der Waals surface area contributed by atoms with E-state index in [9.17, 15) is 19.5 Å². The average Bonchev–Trinajstić information content (AvgIpc) is 2.50. The van der Waals surface area contributed by atoms with Gasteiger partial charge >= 0.3 is 11.9 Å². The first-order valence-corrected chi connectivity index (χ1v) is 6.44. The highest BCUT2D eigenvalue weighted by molar-refractivity contribution is 5.91. The number of aliphatic hydroxyl groups excluding tert-OH is 1. The van der Waals surface area contributed by atoms with E-state index in [-0.39, 0.29) is 0 Å². The zero-order valence-corrected chi connectivity index (χ0v) is 11.4. The van der Waals surface area contributed by atoms with Gasteiger partial charge in [-0.1, -0.05) is 0 Å². The van der Waals surface area contributed by atoms with E-state index in [0.29, 0.717) is 13.1 Å². The fourth-order valence-corrected chi connectivity index (χ4v) is 1.81. The van der Waals surface area contributed by atoms with Gasteiger partial charge in [0.15, 0.2) is 6.10 Å². The summed E-state index contributed by atoms with van der Waals surface area (Å²) in [6, 6.07) is 0. The van der Waals surface area contributed by atoms with Gasteiger partial charge < -0.3 is 19.5 Å². The van der Waals surface area contributed by atoms with Gasteiger partial charge in [-0.25, -0.2) is 9.59 Å². The highest BCUT2D eigenvalue weighted by Crippen LogP contribution is 2.10. The van der Waals surface area contributed by atoms with Crippen LogP contribution in [0.2, 0.25) is 0 Å². The van der Waals surface area contributed by atoms with Crippen LogP contribution in [0.15, 0.2) is 12.2 Å². The molecule has 0 unspecified atom stereocenters. The van der Waals surface area contributed by atoms with E-state index in [2.05, 4.69) is 9.47 Å². The molecule has 1 aliphatic heterocycles. The first kappa shape index (κ1) is 16.2. The number of ether oxygens (including phenoxy) is 2. The molecule has 0 aromatic rings. The lowest BCUT2D eigenvalue weighted by Crippen LogP contribution is -2.44. The lowest BCUT2D eigenvalue weighted by atomic mass is 10.1. The lowest BCUT2D eigenvalue weighted by molar-refractivity contribution is -0.150. The van der Waals surface area contributed by atoms with Crippen LogP contribution in [0.25, 0.3) is 0 Å². The van der Waals surface area contributed by atoms with Gasteiger partial charge in [0, 0.05) is 25.2 Å². The Labute approximate surface area is 117 Å². The number of likely N-dealkylation sites (tertiary alicyclic amines) is 1. The highest BCUT2D eigenvalue weighted by atomic mass is 16.5. The third-order valence-electron chi connectivity index (χ3n) is 2.89. The quantitative estimate of drug-likeness (QED) is 0.547. The number of carbonyl (C=O) groups is 3. The molecule has 20 heavy (non-hydrogen) atoms. The van der Waals surface area contributed by atoms with Gasteiger partial charge in [-0.2, -0.15) is 0 Å². The molecule has 0 spiro atoms. The van der Waals surface area contributed by atoms with Crippen molar-refractivity contribution in [1.29, 1.82) is 0 Å². The summed E-state index contributed by atoms with van der Waals surface area (Å²) in [6.45, 7) is 0.803. The Morgan fingerprint density at radius 2 is 1.75 bits per heavy atom. The molecule has 1 atom stereocenters. The number of esters is 2. The number of amides is 1. The molecule has 1 fully saturated rings. The summed E-state index contributed by atoms with van der Waals surface area (Å²) in [6.07, 6.45) is 3.32. The largest absolute Gasteiger partial charge is 0.466 e. The van der Waals surface area contributed by atoms with Crippen LogP contribution < -0.4 is 0 Å². The van der Waals surface area contributed by atoms with E-state index >= 15 is 0 Å². The predicted octanol–water partition coefficient (Wildman–Crippen LogP) is -0.368. The topological polar surface area (TPSA) is 93.1 Å². The lowest BCUT2D eigenvalue weighted by Gasteiger charge is -2.28. The summed E-state index contributed by atoms with van der Waals surface area (Å²) in [5.41, 5.74) is 0. The Hall–Kier alpha value is -1.89. The van der Waals surface area contributed by atoms with Crippen molar-refractivity contribution in [2.24, 2.45) is 0 Å². The van der Waals surface area contributed by atoms with Gasteiger partial charge in [-0.05, 0) is 19.3 Å². The number of hydrogen-bond acceptors (Lipinski definition) is 6. The van der Waals surface area contributed by atoms with Crippen molar-refractivity contribution >= 4 is 17.8 Å². The Kier molecular flexibility index (Phi) is 6.72. The predicted molar refractivity (Wildman–Crippen MR) is 68.6 cm³/mol. The maximum Gasteiger partial charge on any atom is 0.331 e. The van der Waals surface area contributed by atoms with Crippen molar-refractivity contribution in [2.45, 2.75) is 25.4 Å². The number of carbonyl (C=O) groups excluding carboxylic acids is 3. The smallest absolute Gasteiger partial charge is 0.331 e. The van der Waals surface area contributed by atoms with Crippen LogP contribution in [-0.2, 0) is 23.9 Å². The van der Waals surface area contributed by atoms with Crippen molar-refractivity contribution in [3.63, 3.8) is 0 Å². The number of methoxy groups -OCH3 is 1. The standard InChI is InChI=1S/C13H19NO6/c1-19-11(16)5-6-12(17)20-9-10(15)13(18)14-7-3-2-4-8-14/h5-6,10,15H,2-4,7-9H2,1H3/b6-5+/t10-/m1/s1. The van der Waals surface area contributed by atoms with Crippen molar-refractivity contribution in [2.75, 3.05) is 26.8 Å². The van der Waals surface area contributed by atoms with E-state index in [0.717, 1.165) is 31.4 Å². The first-order valence-electron chi connectivity index (χ1n) is 6.44. The number of rotatable bonds is 5. The normalized spacial score (nSPS) is 16.8. The molecule has 7 nitrogen and oxygen atoms in total. The van der Waals surface area contributed by atoms with Crippen LogP contribution in [0.3, 0.4) is 0 Å². The summed E-state index contributed by atoms with van der Waals surface area (Å²) >= 11 is 0. The zero-order valence-electron chi connectivity index (χ0n) is 11.4. The minimum atomic E-state index is -1.37. The number of hydrogen-bond donors (Lipinski definition) is 1. The summed E-state index contributed by atoms with van der Waals surface area (Å²) in [5.74, 6) is -1.94. The maximum absolute atomic E-state index is 11.8. The molecule has 0 radical (unpaired) electrons. The Morgan fingerprint density at radius 1 is 1.15 bits per heavy atom. The molecule has 0 aromatic heterocycles. The number of aliphatic hydroxyl groups is 1. The van der Waals surface area contributed by atoms with Gasteiger partial charge in [0.2, 0.25) is 0 Å². The second kappa shape index (κ2) is 8.31. The van der Waals surface area contributed by atoms with Crippen molar-refractivity contribution in [3.05, 3.63) is 12.2 Å². The SMILES string of the molecule is COC(=O)/C=C/C(=O)OC[C@@H](O)C(=O)N1CCCCC1. The molecule has 1 N–H and O–H groups in total. The molecule has 112 valence electrons. The molecule has 0 aromatic carbocycles. The van der Waals surface area contributed by atoms with Gasteiger partial charge in [0.05, 0.1) is 7.11 Å². The number of nitrogens with zero attached hydrogens (tertiary/aromatic N) is 1. The zero-order chi connectivity index (χ0) is 15.0. The molecule has 1 rings (SSSR count). The Balaban J connectivity index is 2.32. The second-order valence-corrected chi connectivity index (χ2v) is 4.39. The molecule has 1 aliphatic rings. The molecular weight excluding hydrogens is 266 g/mol. The second-order valence-electron chi connectivity index (χ2n) is 4.39. The Bertz CT molecular complexity index is 386. The maximum atomic E-state index is 11.8. The Morgan fingerprint density at radius 3 is 2.35 bits per heavy atom. The van der Waals surface area contributed by atoms with Crippen LogP contribution in [0.4, 0.5) is 0 Å². The van der Waals surface area contributed by atoms with Crippen LogP contribution in [-0.4, -0.2) is 60.8 Å². The van der Waals surface area contributed by atoms with Crippen LogP contribution >= 0.6 is 0 Å². The summed E-state index contributed by atoms with van der Waals surface area (Å²) < 4.78 is 8.98. The van der Waals surface area contributed by atoms with Crippen LogP contribution in [0, 0.1) is 0 Å². The van der Waals surface area contributed by atoms with E-state index in [1.807, 2.05) is 0 Å². The molecule has 0 saturated carbocycles. The van der Waals surface area contributed by atoms with Gasteiger partial charge in [0.1, 0.15) is 6.61 Å². The van der Waals surface area contributed by atoms with Gasteiger partial charge in [-0.15, -0.1) is 0 Å². The third kappa shape index (κ3) is 5.40. The monoisotopic (exact) mass is 285 g/mol. The fourth-order valence-electron chi connectivity index (χ4n) is 1.81. The fraction of sp³-hybridized carbons (Fsp3) is 0.615. The minimum absolute atomic E-state index is 0.431. The van der Waals surface area contributed by atoms with E-state index < -0.39 is 30.6 Å². The summed E-state index contributed by atoms with van der Waals surface area (Å²) in [7, 11) is 1.18. The van der Waals surface area contributed by atoms with Crippen molar-refractivity contribution in [1.82, 2.24) is 4.90 Å². The molecule has 1 saturated heterocycles. The van der Waals surface area contributed by atoms with Crippen LogP contribution in [0.5, 0.6) is 0 Å². The van der Waals surface area contributed by atoms with Gasteiger partial charge in [0.25, 0.3) is 5.91 Å². The number of piperidine rings is 1. The van der Waals surface area contributed by atoms with Crippen molar-refractivity contribution in [3.8, 4) is 0 Å². The van der Waals surface area contributed by atoms with E-state index in [4.69, 9.17) is 0 Å². The molecular formula is C13H19NO6. The van der Waals surface area contributed by atoms with Gasteiger partial charge in [-0.3, -0.25) is 4.79 Å². The molecule has 1 heterocycles. The molecule has 0 aliphatic carbocycles. The van der Waals surface area contributed by atoms with E-state index in [1.54, 1.807) is 4.90 Å². The first-order chi connectivity index (χ1) is 9.54. The minimum Gasteiger partial charge on any atom is -0.466 e. The summed E-state index contributed by atoms with van der Waals surface area (Å²) in [5, 5.41) is 9.66. The average molecular weight is 285 g/mol. The highest BCUT2D eigenvalue weighted by Gasteiger charge is 2.24. The van der Waals surface area contributed by atoms with Crippen molar-refractivity contribution < 1.29 is 29.0 Å². The molecule has 0 bridgehead atoms.